The molecule has 144 valence electrons. The number of carbonyl (C=O) groups is 1. The number of benzene rings is 2. The molecule has 0 saturated heterocycles. The Morgan fingerprint density at radius 3 is 2.67 bits per heavy atom. The maximum absolute atomic E-state index is 12.6. The van der Waals surface area contributed by atoms with Crippen LogP contribution in [0.15, 0.2) is 35.2 Å². The van der Waals surface area contributed by atoms with Crippen LogP contribution in [0, 0.1) is 6.92 Å². The van der Waals surface area contributed by atoms with Crippen LogP contribution >= 0.6 is 11.6 Å². The largest absolute Gasteiger partial charge is 0.489 e. The van der Waals surface area contributed by atoms with E-state index in [1.54, 1.807) is 25.1 Å². The lowest BCUT2D eigenvalue weighted by atomic mass is 10.1. The fraction of sp³-hybridized carbons (Fsp3) is 0.316. The summed E-state index contributed by atoms with van der Waals surface area (Å²) in [6.07, 6.45) is 1.88. The minimum atomic E-state index is -3.39. The topological polar surface area (TPSA) is 81.7 Å². The highest BCUT2D eigenvalue weighted by molar-refractivity contribution is 7.90. The average molecular weight is 410 g/mol. The zero-order valence-electron chi connectivity index (χ0n) is 15.0. The molecule has 0 spiro atoms. The van der Waals surface area contributed by atoms with Crippen molar-refractivity contribution in [3.05, 3.63) is 52.0 Å². The predicted molar refractivity (Wildman–Crippen MR) is 103 cm³/mol. The molecule has 0 atom stereocenters. The first-order chi connectivity index (χ1) is 12.8. The van der Waals surface area contributed by atoms with E-state index >= 15 is 0 Å². The molecule has 1 amide bonds. The van der Waals surface area contributed by atoms with Crippen molar-refractivity contribution in [3.8, 4) is 11.5 Å². The number of ether oxygens (including phenoxy) is 2. The molecule has 0 aromatic heterocycles. The smallest absolute Gasteiger partial charge is 0.251 e. The Bertz CT molecular complexity index is 988. The molecule has 1 aliphatic rings. The van der Waals surface area contributed by atoms with Crippen LogP contribution in [0.5, 0.6) is 11.5 Å². The minimum absolute atomic E-state index is 0.108. The zero-order chi connectivity index (χ0) is 19.6. The van der Waals surface area contributed by atoms with Crippen LogP contribution in [0.2, 0.25) is 5.02 Å². The summed E-state index contributed by atoms with van der Waals surface area (Å²) < 4.78 is 34.7. The van der Waals surface area contributed by atoms with Crippen LogP contribution in [-0.4, -0.2) is 33.8 Å². The molecular formula is C19H20ClNO5S. The molecule has 0 saturated carbocycles. The number of halogens is 1. The van der Waals surface area contributed by atoms with Crippen molar-refractivity contribution in [1.82, 2.24) is 5.32 Å². The fourth-order valence-electron chi connectivity index (χ4n) is 2.74. The maximum Gasteiger partial charge on any atom is 0.251 e. The van der Waals surface area contributed by atoms with Gasteiger partial charge in [-0.2, -0.15) is 0 Å². The third-order valence-corrected chi connectivity index (χ3v) is 5.59. The molecule has 1 N–H and O–H groups in total. The van der Waals surface area contributed by atoms with Crippen molar-refractivity contribution < 1.29 is 22.7 Å². The molecule has 1 heterocycles. The van der Waals surface area contributed by atoms with Gasteiger partial charge in [0.1, 0.15) is 0 Å². The van der Waals surface area contributed by atoms with Gasteiger partial charge in [-0.3, -0.25) is 4.79 Å². The molecule has 27 heavy (non-hydrogen) atoms. The van der Waals surface area contributed by atoms with Crippen molar-refractivity contribution in [2.45, 2.75) is 24.8 Å². The quantitative estimate of drug-likeness (QED) is 0.838. The van der Waals surface area contributed by atoms with Gasteiger partial charge in [0, 0.05) is 24.8 Å². The van der Waals surface area contributed by atoms with Gasteiger partial charge in [-0.05, 0) is 42.3 Å². The molecule has 0 bridgehead atoms. The van der Waals surface area contributed by atoms with Crippen LogP contribution in [0.4, 0.5) is 0 Å². The Hall–Kier alpha value is -2.25. The molecule has 2 aromatic carbocycles. The Morgan fingerprint density at radius 2 is 1.93 bits per heavy atom. The molecule has 0 radical (unpaired) electrons. The van der Waals surface area contributed by atoms with E-state index in [1.807, 2.05) is 0 Å². The van der Waals surface area contributed by atoms with Gasteiger partial charge in [0.25, 0.3) is 5.91 Å². The van der Waals surface area contributed by atoms with Crippen LogP contribution in [0.3, 0.4) is 0 Å². The first-order valence-electron chi connectivity index (χ1n) is 8.42. The molecule has 8 heteroatoms. The lowest BCUT2D eigenvalue weighted by molar-refractivity contribution is 0.0950. The highest BCUT2D eigenvalue weighted by atomic mass is 35.5. The van der Waals surface area contributed by atoms with E-state index in [-0.39, 0.29) is 17.3 Å². The van der Waals surface area contributed by atoms with Gasteiger partial charge in [0.05, 0.1) is 23.1 Å². The monoisotopic (exact) mass is 409 g/mol. The number of sulfone groups is 1. The van der Waals surface area contributed by atoms with E-state index in [0.29, 0.717) is 40.9 Å². The maximum atomic E-state index is 12.6. The second-order valence-electron chi connectivity index (χ2n) is 6.39. The number of hydrogen-bond donors (Lipinski definition) is 1. The highest BCUT2D eigenvalue weighted by Crippen LogP contribution is 2.38. The summed E-state index contributed by atoms with van der Waals surface area (Å²) in [7, 11) is -3.39. The first kappa shape index (κ1) is 19.5. The fourth-order valence-corrected chi connectivity index (χ4v) is 3.68. The van der Waals surface area contributed by atoms with Gasteiger partial charge >= 0.3 is 0 Å². The summed E-state index contributed by atoms with van der Waals surface area (Å²) >= 11 is 6.26. The summed E-state index contributed by atoms with van der Waals surface area (Å²) in [6, 6.07) is 8.00. The van der Waals surface area contributed by atoms with E-state index in [4.69, 9.17) is 21.1 Å². The first-order valence-corrected chi connectivity index (χ1v) is 10.7. The van der Waals surface area contributed by atoms with Gasteiger partial charge in [0.15, 0.2) is 21.3 Å². The lowest BCUT2D eigenvalue weighted by Gasteiger charge is -2.13. The summed E-state index contributed by atoms with van der Waals surface area (Å²) in [4.78, 5) is 12.7. The lowest BCUT2D eigenvalue weighted by Crippen LogP contribution is -2.24. The molecular weight excluding hydrogens is 390 g/mol. The predicted octanol–water partition coefficient (Wildman–Crippen LogP) is 3.14. The Morgan fingerprint density at radius 1 is 1.19 bits per heavy atom. The van der Waals surface area contributed by atoms with Crippen LogP contribution < -0.4 is 14.8 Å². The summed E-state index contributed by atoms with van der Waals surface area (Å²) in [5.74, 6) is 0.710. The summed E-state index contributed by atoms with van der Waals surface area (Å²) in [5, 5.41) is 3.22. The van der Waals surface area contributed by atoms with Gasteiger partial charge in [-0.25, -0.2) is 8.42 Å². The van der Waals surface area contributed by atoms with E-state index < -0.39 is 9.84 Å². The van der Waals surface area contributed by atoms with Gasteiger partial charge in [0.2, 0.25) is 0 Å². The van der Waals surface area contributed by atoms with Crippen LogP contribution in [0.1, 0.15) is 27.9 Å². The van der Waals surface area contributed by atoms with Crippen molar-refractivity contribution in [2.24, 2.45) is 0 Å². The standard InChI is InChI=1S/C19H20ClNO5S/c1-12-4-5-14(27(2,23)24)10-15(12)19(22)21-11-13-8-16(20)18-17(9-13)25-6-3-7-26-18/h4-5,8-10H,3,6-7,11H2,1-2H3,(H,21,22). The number of hydrogen-bond acceptors (Lipinski definition) is 5. The molecule has 6 nitrogen and oxygen atoms in total. The molecule has 3 rings (SSSR count). The normalized spacial score (nSPS) is 13.7. The second kappa shape index (κ2) is 7.78. The van der Waals surface area contributed by atoms with Crippen LogP contribution in [-0.2, 0) is 16.4 Å². The van der Waals surface area contributed by atoms with E-state index in [9.17, 15) is 13.2 Å². The highest BCUT2D eigenvalue weighted by Gasteiger charge is 2.17. The third-order valence-electron chi connectivity index (χ3n) is 4.20. The van der Waals surface area contributed by atoms with Crippen molar-refractivity contribution >= 4 is 27.3 Å². The Labute approximate surface area is 163 Å². The molecule has 0 unspecified atom stereocenters. The number of amides is 1. The van der Waals surface area contributed by atoms with Gasteiger partial charge in [-0.15, -0.1) is 0 Å². The van der Waals surface area contributed by atoms with Crippen molar-refractivity contribution in [2.75, 3.05) is 19.5 Å². The Kier molecular flexibility index (Phi) is 5.62. The third kappa shape index (κ3) is 4.54. The summed E-state index contributed by atoms with van der Waals surface area (Å²) in [6.45, 7) is 3.05. The Balaban J connectivity index is 1.78. The zero-order valence-corrected chi connectivity index (χ0v) is 16.6. The SMILES string of the molecule is Cc1ccc(S(C)(=O)=O)cc1C(=O)NCc1cc(Cl)c2c(c1)OCCCO2. The second-order valence-corrected chi connectivity index (χ2v) is 8.81. The van der Waals surface area contributed by atoms with E-state index in [2.05, 4.69) is 5.32 Å². The van der Waals surface area contributed by atoms with E-state index in [0.717, 1.165) is 18.2 Å². The molecule has 1 aliphatic heterocycles. The number of rotatable bonds is 4. The minimum Gasteiger partial charge on any atom is -0.489 e. The summed E-state index contributed by atoms with van der Waals surface area (Å²) in [5.41, 5.74) is 1.77. The number of carbonyl (C=O) groups excluding carboxylic acids is 1. The van der Waals surface area contributed by atoms with E-state index in [1.165, 1.54) is 12.1 Å². The van der Waals surface area contributed by atoms with Crippen molar-refractivity contribution in [3.63, 3.8) is 0 Å². The van der Waals surface area contributed by atoms with Gasteiger partial charge < -0.3 is 14.8 Å². The number of nitrogens with one attached hydrogen (secondary N) is 1. The average Bonchev–Trinajstić information content (AvgIpc) is 2.85. The number of fused-ring (bicyclic) bond motifs is 1. The number of aryl methyl sites for hydroxylation is 1. The van der Waals surface area contributed by atoms with Crippen molar-refractivity contribution in [1.29, 1.82) is 0 Å². The molecule has 2 aromatic rings. The molecule has 0 aliphatic carbocycles. The van der Waals surface area contributed by atoms with Crippen LogP contribution in [0.25, 0.3) is 0 Å². The van der Waals surface area contributed by atoms with Gasteiger partial charge in [-0.1, -0.05) is 17.7 Å². The molecule has 0 fully saturated rings.